The van der Waals surface area contributed by atoms with E-state index in [1.165, 1.54) is 12.1 Å². The van der Waals surface area contributed by atoms with Gasteiger partial charge in [0.1, 0.15) is 5.75 Å². The van der Waals surface area contributed by atoms with Crippen molar-refractivity contribution >= 4 is 38.6 Å². The maximum absolute atomic E-state index is 11.1. The molecule has 0 amide bonds. The molecule has 0 aliphatic rings. The normalized spacial score (nSPS) is 9.73. The maximum Gasteiger partial charge on any atom is 0.293 e. The molecule has 80 valence electrons. The van der Waals surface area contributed by atoms with Crippen LogP contribution in [0.25, 0.3) is 0 Å². The number of alkyl halides is 1. The summed E-state index contributed by atoms with van der Waals surface area (Å²) in [5, 5.41) is -0.252. The number of ether oxygens (including phenoxy) is 1. The molecule has 1 aromatic carbocycles. The van der Waals surface area contributed by atoms with Crippen LogP contribution in [0.1, 0.15) is 10.4 Å². The van der Waals surface area contributed by atoms with E-state index in [2.05, 4.69) is 15.9 Å². The van der Waals surface area contributed by atoms with Crippen molar-refractivity contribution < 1.29 is 14.3 Å². The summed E-state index contributed by atoms with van der Waals surface area (Å²) in [5.41, 5.74) is 0.265. The van der Waals surface area contributed by atoms with E-state index in [0.29, 0.717) is 12.4 Å². The van der Waals surface area contributed by atoms with E-state index in [9.17, 15) is 9.59 Å². The van der Waals surface area contributed by atoms with Crippen LogP contribution in [0.3, 0.4) is 0 Å². The van der Waals surface area contributed by atoms with Crippen LogP contribution in [0.2, 0.25) is 0 Å². The molecular weight excluding hydrogens is 283 g/mol. The largest absolute Gasteiger partial charge is 0.493 e. The number of halogens is 2. The van der Waals surface area contributed by atoms with Crippen molar-refractivity contribution in [3.05, 3.63) is 29.8 Å². The number of carbonyl (C=O) groups is 2. The Morgan fingerprint density at radius 2 is 1.87 bits per heavy atom. The van der Waals surface area contributed by atoms with Crippen LogP contribution in [0.5, 0.6) is 5.75 Å². The van der Waals surface area contributed by atoms with Crippen molar-refractivity contribution in [3.8, 4) is 5.75 Å². The van der Waals surface area contributed by atoms with Crippen molar-refractivity contribution in [1.82, 2.24) is 0 Å². The molecule has 15 heavy (non-hydrogen) atoms. The Labute approximate surface area is 100 Å². The van der Waals surface area contributed by atoms with Gasteiger partial charge in [-0.05, 0) is 35.9 Å². The molecule has 0 N–H and O–H groups in total. The minimum atomic E-state index is -0.982. The molecule has 0 saturated carbocycles. The van der Waals surface area contributed by atoms with Gasteiger partial charge in [-0.3, -0.25) is 9.59 Å². The van der Waals surface area contributed by atoms with E-state index < -0.39 is 11.0 Å². The summed E-state index contributed by atoms with van der Waals surface area (Å²) in [6.07, 6.45) is 0. The van der Waals surface area contributed by atoms with E-state index >= 15 is 0 Å². The Bertz CT molecular complexity index is 361. The van der Waals surface area contributed by atoms with Crippen LogP contribution in [0.4, 0.5) is 0 Å². The van der Waals surface area contributed by atoms with Crippen molar-refractivity contribution in [2.45, 2.75) is 0 Å². The summed E-state index contributed by atoms with van der Waals surface area (Å²) in [6, 6.07) is 6.25. The van der Waals surface area contributed by atoms with Crippen LogP contribution in [0, 0.1) is 0 Å². The predicted molar refractivity (Wildman–Crippen MR) is 60.9 cm³/mol. The summed E-state index contributed by atoms with van der Waals surface area (Å²) in [4.78, 5) is 21.7. The zero-order valence-electron chi connectivity index (χ0n) is 7.70. The monoisotopic (exact) mass is 290 g/mol. The number of hydrogen-bond donors (Lipinski definition) is 0. The molecule has 0 fully saturated rings. The summed E-state index contributed by atoms with van der Waals surface area (Å²) in [5.74, 6) is -0.0586. The number of Topliss-reactive ketones (excluding diaryl/α,β-unsaturated/α-hetero) is 1. The first-order valence-electron chi connectivity index (χ1n) is 4.18. The van der Waals surface area contributed by atoms with Gasteiger partial charge in [-0.1, -0.05) is 15.9 Å². The number of benzene rings is 1. The molecule has 0 aliphatic heterocycles. The molecular formula is C10H8BrClO3. The molecule has 1 rings (SSSR count). The van der Waals surface area contributed by atoms with Gasteiger partial charge in [-0.25, -0.2) is 0 Å². The fourth-order valence-electron chi connectivity index (χ4n) is 0.972. The molecule has 0 saturated heterocycles. The van der Waals surface area contributed by atoms with E-state index in [1.807, 2.05) is 0 Å². The standard InChI is InChI=1S/C10H8BrClO3/c11-5-6-15-8-3-1-7(2-4-8)9(13)10(12)14/h1-4H,5-6H2. The molecule has 0 radical (unpaired) electrons. The lowest BCUT2D eigenvalue weighted by atomic mass is 10.1. The molecule has 1 aromatic rings. The predicted octanol–water partition coefficient (Wildman–Crippen LogP) is 2.41. The Kier molecular flexibility index (Phi) is 4.78. The third-order valence-electron chi connectivity index (χ3n) is 1.64. The van der Waals surface area contributed by atoms with Crippen LogP contribution in [-0.4, -0.2) is 23.0 Å². The Morgan fingerprint density at radius 3 is 2.33 bits per heavy atom. The zero-order chi connectivity index (χ0) is 11.3. The number of ketones is 1. The van der Waals surface area contributed by atoms with Crippen molar-refractivity contribution in [1.29, 1.82) is 0 Å². The molecule has 0 aliphatic carbocycles. The lowest BCUT2D eigenvalue weighted by Gasteiger charge is -2.03. The highest BCUT2D eigenvalue weighted by molar-refractivity contribution is 9.09. The highest BCUT2D eigenvalue weighted by Gasteiger charge is 2.12. The highest BCUT2D eigenvalue weighted by atomic mass is 79.9. The molecule has 0 aromatic heterocycles. The average Bonchev–Trinajstić information content (AvgIpc) is 2.26. The van der Waals surface area contributed by atoms with Crippen molar-refractivity contribution in [2.24, 2.45) is 0 Å². The topological polar surface area (TPSA) is 43.4 Å². The number of rotatable bonds is 5. The lowest BCUT2D eigenvalue weighted by Crippen LogP contribution is -2.07. The van der Waals surface area contributed by atoms with Gasteiger partial charge in [0.2, 0.25) is 5.78 Å². The van der Waals surface area contributed by atoms with Gasteiger partial charge < -0.3 is 4.74 Å². The van der Waals surface area contributed by atoms with Gasteiger partial charge >= 0.3 is 0 Å². The van der Waals surface area contributed by atoms with Crippen molar-refractivity contribution in [3.63, 3.8) is 0 Å². The number of carbonyl (C=O) groups excluding carboxylic acids is 2. The van der Waals surface area contributed by atoms with Crippen LogP contribution >= 0.6 is 27.5 Å². The molecule has 0 heterocycles. The first-order valence-corrected chi connectivity index (χ1v) is 5.68. The summed E-state index contributed by atoms with van der Waals surface area (Å²) >= 11 is 8.28. The molecule has 0 bridgehead atoms. The van der Waals surface area contributed by atoms with Crippen LogP contribution in [0.15, 0.2) is 24.3 Å². The molecule has 5 heteroatoms. The highest BCUT2D eigenvalue weighted by Crippen LogP contribution is 2.13. The van der Waals surface area contributed by atoms with Gasteiger partial charge in [0, 0.05) is 10.9 Å². The smallest absolute Gasteiger partial charge is 0.293 e. The summed E-state index contributed by atoms with van der Waals surface area (Å²) < 4.78 is 5.27. The van der Waals surface area contributed by atoms with E-state index in [-0.39, 0.29) is 5.56 Å². The third kappa shape index (κ3) is 3.64. The fraction of sp³-hybridized carbons (Fsp3) is 0.200. The van der Waals surface area contributed by atoms with Gasteiger partial charge in [-0.15, -0.1) is 0 Å². The fourth-order valence-corrected chi connectivity index (χ4v) is 1.24. The molecule has 0 unspecified atom stereocenters. The second kappa shape index (κ2) is 5.88. The zero-order valence-corrected chi connectivity index (χ0v) is 10.0. The number of hydrogen-bond acceptors (Lipinski definition) is 3. The lowest BCUT2D eigenvalue weighted by molar-refractivity contribution is -0.108. The van der Waals surface area contributed by atoms with E-state index in [4.69, 9.17) is 16.3 Å². The van der Waals surface area contributed by atoms with Crippen LogP contribution in [-0.2, 0) is 4.79 Å². The minimum absolute atomic E-state index is 0.265. The van der Waals surface area contributed by atoms with E-state index in [0.717, 1.165) is 5.33 Å². The third-order valence-corrected chi connectivity index (χ3v) is 2.14. The maximum atomic E-state index is 11.1. The summed E-state index contributed by atoms with van der Waals surface area (Å²) in [7, 11) is 0. The second-order valence-electron chi connectivity index (χ2n) is 2.66. The van der Waals surface area contributed by atoms with Gasteiger partial charge in [0.05, 0.1) is 6.61 Å². The van der Waals surface area contributed by atoms with Gasteiger partial charge in [0.15, 0.2) is 0 Å². The molecule has 3 nitrogen and oxygen atoms in total. The van der Waals surface area contributed by atoms with Gasteiger partial charge in [-0.2, -0.15) is 0 Å². The van der Waals surface area contributed by atoms with Crippen molar-refractivity contribution in [2.75, 3.05) is 11.9 Å². The first-order chi connectivity index (χ1) is 7.15. The second-order valence-corrected chi connectivity index (χ2v) is 3.80. The Morgan fingerprint density at radius 1 is 1.27 bits per heavy atom. The SMILES string of the molecule is O=C(Cl)C(=O)c1ccc(OCCBr)cc1. The minimum Gasteiger partial charge on any atom is -0.493 e. The molecule has 0 atom stereocenters. The average molecular weight is 292 g/mol. The molecule has 0 spiro atoms. The Hall–Kier alpha value is -0.870. The summed E-state index contributed by atoms with van der Waals surface area (Å²) in [6.45, 7) is 0.543. The Balaban J connectivity index is 2.72. The first kappa shape index (κ1) is 12.2. The van der Waals surface area contributed by atoms with Gasteiger partial charge in [0.25, 0.3) is 5.24 Å². The van der Waals surface area contributed by atoms with Crippen LogP contribution < -0.4 is 4.74 Å². The van der Waals surface area contributed by atoms with E-state index in [1.54, 1.807) is 12.1 Å². The quantitative estimate of drug-likeness (QED) is 0.362.